The molecular weight excluding hydrogens is 314 g/mol. The highest BCUT2D eigenvalue weighted by Crippen LogP contribution is 2.36. The van der Waals surface area contributed by atoms with Crippen LogP contribution in [0.3, 0.4) is 0 Å². The van der Waals surface area contributed by atoms with Gasteiger partial charge in [-0.2, -0.15) is 0 Å². The van der Waals surface area contributed by atoms with Crippen molar-refractivity contribution < 1.29 is 4.79 Å². The van der Waals surface area contributed by atoms with Gasteiger partial charge in [-0.3, -0.25) is 4.79 Å². The number of para-hydroxylation sites is 1. The first kappa shape index (κ1) is 14.9. The van der Waals surface area contributed by atoms with Crippen molar-refractivity contribution >= 4 is 28.0 Å². The molecule has 0 spiro atoms. The van der Waals surface area contributed by atoms with Crippen molar-refractivity contribution in [3.63, 3.8) is 0 Å². The van der Waals surface area contributed by atoms with Gasteiger partial charge in [-0.05, 0) is 23.1 Å². The van der Waals surface area contributed by atoms with Crippen molar-refractivity contribution in [2.75, 3.05) is 0 Å². The molecule has 1 atom stereocenters. The van der Waals surface area contributed by atoms with Gasteiger partial charge in [-0.15, -0.1) is 11.3 Å². The van der Waals surface area contributed by atoms with Crippen LogP contribution in [0.5, 0.6) is 0 Å². The van der Waals surface area contributed by atoms with E-state index >= 15 is 0 Å². The van der Waals surface area contributed by atoms with E-state index in [1.807, 2.05) is 48.7 Å². The fourth-order valence-corrected chi connectivity index (χ4v) is 4.01. The molecule has 0 saturated heterocycles. The number of thiophene rings is 1. The minimum atomic E-state index is 0.0776. The number of rotatable bonds is 5. The molecule has 24 heavy (non-hydrogen) atoms. The van der Waals surface area contributed by atoms with E-state index in [0.717, 1.165) is 11.1 Å². The highest BCUT2D eigenvalue weighted by atomic mass is 32.1. The van der Waals surface area contributed by atoms with E-state index in [2.05, 4.69) is 34.6 Å². The molecule has 2 aromatic carbocycles. The normalized spacial score (nSPS) is 12.3. The first-order chi connectivity index (χ1) is 11.8. The number of fused-ring (bicyclic) bond motifs is 1. The number of ketones is 1. The van der Waals surface area contributed by atoms with Gasteiger partial charge in [0, 0.05) is 39.9 Å². The summed E-state index contributed by atoms with van der Waals surface area (Å²) in [7, 11) is 0. The van der Waals surface area contributed by atoms with E-state index in [-0.39, 0.29) is 11.7 Å². The zero-order valence-electron chi connectivity index (χ0n) is 13.1. The summed E-state index contributed by atoms with van der Waals surface area (Å²) in [6.07, 6.45) is 2.53. The first-order valence-electron chi connectivity index (χ1n) is 8.00. The van der Waals surface area contributed by atoms with Gasteiger partial charge in [0.05, 0.1) is 0 Å². The summed E-state index contributed by atoms with van der Waals surface area (Å²) in [5.41, 5.74) is 3.08. The van der Waals surface area contributed by atoms with Gasteiger partial charge >= 0.3 is 0 Å². The van der Waals surface area contributed by atoms with Crippen LogP contribution in [0.1, 0.15) is 33.1 Å². The van der Waals surface area contributed by atoms with Crippen molar-refractivity contribution in [1.29, 1.82) is 0 Å². The molecule has 118 valence electrons. The van der Waals surface area contributed by atoms with Gasteiger partial charge in [-0.1, -0.05) is 54.6 Å². The molecule has 0 aliphatic heterocycles. The molecule has 1 N–H and O–H groups in total. The second kappa shape index (κ2) is 6.46. The zero-order valence-corrected chi connectivity index (χ0v) is 13.9. The van der Waals surface area contributed by atoms with Crippen molar-refractivity contribution in [3.8, 4) is 0 Å². The number of carbonyl (C=O) groups excluding carboxylic acids is 1. The summed E-state index contributed by atoms with van der Waals surface area (Å²) < 4.78 is 0. The largest absolute Gasteiger partial charge is 0.361 e. The lowest BCUT2D eigenvalue weighted by molar-refractivity contribution is 0.0978. The van der Waals surface area contributed by atoms with Gasteiger partial charge in [0.1, 0.15) is 0 Å². The van der Waals surface area contributed by atoms with Gasteiger partial charge in [0.2, 0.25) is 0 Å². The Morgan fingerprint density at radius 3 is 2.54 bits per heavy atom. The SMILES string of the molecule is O=C(C[C@H](c1cccs1)c1c[nH]c2ccccc12)c1ccccc1. The van der Waals surface area contributed by atoms with Gasteiger partial charge in [-0.25, -0.2) is 0 Å². The fourth-order valence-electron chi connectivity index (χ4n) is 3.16. The number of Topliss-reactive ketones (excluding diaryl/α,β-unsaturated/α-hetero) is 1. The summed E-state index contributed by atoms with van der Waals surface area (Å²) in [4.78, 5) is 17.3. The molecule has 0 fully saturated rings. The molecule has 2 aromatic heterocycles. The first-order valence-corrected chi connectivity index (χ1v) is 8.88. The van der Waals surface area contributed by atoms with Crippen LogP contribution in [0.4, 0.5) is 0 Å². The average Bonchev–Trinajstić information content (AvgIpc) is 3.30. The molecule has 0 saturated carbocycles. The van der Waals surface area contributed by atoms with Crippen LogP contribution in [-0.4, -0.2) is 10.8 Å². The fraction of sp³-hybridized carbons (Fsp3) is 0.0952. The summed E-state index contributed by atoms with van der Waals surface area (Å²) in [6, 6.07) is 22.0. The molecule has 2 heterocycles. The van der Waals surface area contributed by atoms with E-state index in [1.54, 1.807) is 11.3 Å². The smallest absolute Gasteiger partial charge is 0.163 e. The molecule has 0 bridgehead atoms. The number of aromatic nitrogens is 1. The van der Waals surface area contributed by atoms with E-state index in [0.29, 0.717) is 6.42 Å². The number of nitrogens with one attached hydrogen (secondary N) is 1. The third kappa shape index (κ3) is 2.79. The number of benzene rings is 2. The van der Waals surface area contributed by atoms with Crippen LogP contribution < -0.4 is 0 Å². The van der Waals surface area contributed by atoms with Crippen LogP contribution in [-0.2, 0) is 0 Å². The Morgan fingerprint density at radius 2 is 1.75 bits per heavy atom. The summed E-state index contributed by atoms with van der Waals surface area (Å²) in [5.74, 6) is 0.258. The second-order valence-electron chi connectivity index (χ2n) is 5.85. The Labute approximate surface area is 144 Å². The summed E-state index contributed by atoms with van der Waals surface area (Å²) in [5, 5.41) is 3.27. The van der Waals surface area contributed by atoms with E-state index in [1.165, 1.54) is 15.8 Å². The van der Waals surface area contributed by atoms with Crippen LogP contribution in [0.2, 0.25) is 0 Å². The Balaban J connectivity index is 1.74. The Morgan fingerprint density at radius 1 is 0.958 bits per heavy atom. The third-order valence-electron chi connectivity index (χ3n) is 4.37. The lowest BCUT2D eigenvalue weighted by Gasteiger charge is -2.14. The van der Waals surface area contributed by atoms with Crippen LogP contribution in [0.15, 0.2) is 78.3 Å². The number of hydrogen-bond donors (Lipinski definition) is 1. The standard InChI is InChI=1S/C21H17NOS/c23-20(15-7-2-1-3-8-15)13-17(21-11-6-12-24-21)18-14-22-19-10-5-4-9-16(18)19/h1-12,14,17,22H,13H2/t17-/m0/s1. The predicted octanol–water partition coefficient (Wildman–Crippen LogP) is 5.63. The lowest BCUT2D eigenvalue weighted by atomic mass is 9.90. The number of carbonyl (C=O) groups is 1. The highest BCUT2D eigenvalue weighted by Gasteiger charge is 2.22. The molecule has 4 aromatic rings. The molecular formula is C21H17NOS. The van der Waals surface area contributed by atoms with E-state index in [9.17, 15) is 4.79 Å². The molecule has 3 heteroatoms. The minimum absolute atomic E-state index is 0.0776. The molecule has 4 rings (SSSR count). The highest BCUT2D eigenvalue weighted by molar-refractivity contribution is 7.10. The van der Waals surface area contributed by atoms with Gasteiger partial charge in [0.15, 0.2) is 5.78 Å². The van der Waals surface area contributed by atoms with Gasteiger partial charge in [0.25, 0.3) is 0 Å². The minimum Gasteiger partial charge on any atom is -0.361 e. The average molecular weight is 331 g/mol. The quantitative estimate of drug-likeness (QED) is 0.472. The van der Waals surface area contributed by atoms with E-state index < -0.39 is 0 Å². The van der Waals surface area contributed by atoms with Crippen LogP contribution in [0, 0.1) is 0 Å². The van der Waals surface area contributed by atoms with E-state index in [4.69, 9.17) is 0 Å². The predicted molar refractivity (Wildman–Crippen MR) is 99.9 cm³/mol. The maximum atomic E-state index is 12.8. The number of H-pyrrole nitrogens is 1. The Bertz CT molecular complexity index is 954. The van der Waals surface area contributed by atoms with Gasteiger partial charge < -0.3 is 4.98 Å². The Kier molecular flexibility index (Phi) is 4.01. The second-order valence-corrected chi connectivity index (χ2v) is 6.83. The lowest BCUT2D eigenvalue weighted by Crippen LogP contribution is -2.07. The van der Waals surface area contributed by atoms with Crippen molar-refractivity contribution in [1.82, 2.24) is 4.98 Å². The summed E-state index contributed by atoms with van der Waals surface area (Å²) in [6.45, 7) is 0. The monoisotopic (exact) mass is 331 g/mol. The van der Waals surface area contributed by atoms with Crippen molar-refractivity contribution in [2.24, 2.45) is 0 Å². The molecule has 2 nitrogen and oxygen atoms in total. The van der Waals surface area contributed by atoms with Crippen molar-refractivity contribution in [3.05, 3.63) is 94.3 Å². The zero-order chi connectivity index (χ0) is 16.4. The topological polar surface area (TPSA) is 32.9 Å². The van der Waals surface area contributed by atoms with Crippen molar-refractivity contribution in [2.45, 2.75) is 12.3 Å². The maximum absolute atomic E-state index is 12.8. The molecule has 0 unspecified atom stereocenters. The Hall–Kier alpha value is -2.65. The van der Waals surface area contributed by atoms with Crippen LogP contribution in [0.25, 0.3) is 10.9 Å². The molecule has 0 aliphatic rings. The molecule has 0 aliphatic carbocycles. The van der Waals surface area contributed by atoms with Crippen LogP contribution >= 0.6 is 11.3 Å². The molecule has 0 amide bonds. The maximum Gasteiger partial charge on any atom is 0.163 e. The molecule has 0 radical (unpaired) electrons. The third-order valence-corrected chi connectivity index (χ3v) is 5.35. The summed E-state index contributed by atoms with van der Waals surface area (Å²) >= 11 is 1.71. The number of hydrogen-bond acceptors (Lipinski definition) is 2. The number of aromatic amines is 1.